The van der Waals surface area contributed by atoms with Gasteiger partial charge in [-0.05, 0) is 97.5 Å². The Bertz CT molecular complexity index is 934. The number of H-pyrrole nitrogens is 1. The van der Waals surface area contributed by atoms with Crippen LogP contribution in [0.25, 0.3) is 0 Å². The van der Waals surface area contributed by atoms with Crippen LogP contribution in [0.2, 0.25) is 0 Å². The fraction of sp³-hybridized carbons (Fsp3) is 0.545. The molecule has 5 nitrogen and oxygen atoms in total. The summed E-state index contributed by atoms with van der Waals surface area (Å²) in [5.74, 6) is -0.0961. The maximum absolute atomic E-state index is 13.6. The minimum atomic E-state index is -0.221. The average Bonchev–Trinajstić information content (AvgIpc) is 3.14. The average molecular weight is 434 g/mol. The summed E-state index contributed by atoms with van der Waals surface area (Å²) in [7, 11) is 0. The fourth-order valence-corrected chi connectivity index (χ4v) is 5.78. The lowest BCUT2D eigenvalue weighted by Crippen LogP contribution is -2.41. The Morgan fingerprint density at radius 2 is 2.03 bits per heavy atom. The summed E-state index contributed by atoms with van der Waals surface area (Å²) in [6.07, 6.45) is 7.40. The topological polar surface area (TPSA) is 65.2 Å². The highest BCUT2D eigenvalue weighted by Crippen LogP contribution is 2.56. The van der Waals surface area contributed by atoms with Gasteiger partial charge in [0.15, 0.2) is 0 Å². The van der Waals surface area contributed by atoms with Crippen molar-refractivity contribution in [3.8, 4) is 0 Å². The third-order valence-electron chi connectivity index (χ3n) is 6.88. The number of carbonyl (C=O) groups is 1. The van der Waals surface area contributed by atoms with Crippen LogP contribution in [-0.2, 0) is 19.4 Å². The molecule has 1 unspecified atom stereocenters. The van der Waals surface area contributed by atoms with Crippen LogP contribution in [0.3, 0.4) is 0 Å². The number of aromatic amines is 1. The van der Waals surface area contributed by atoms with E-state index in [1.165, 1.54) is 0 Å². The molecule has 2 aliphatic carbocycles. The molecule has 0 bridgehead atoms. The third kappa shape index (κ3) is 3.90. The number of nitrogens with one attached hydrogen (secondary N) is 2. The molecule has 1 saturated heterocycles. The van der Waals surface area contributed by atoms with E-state index in [4.69, 9.17) is 0 Å². The highest BCUT2D eigenvalue weighted by atomic mass is 35.5. The predicted octanol–water partition coefficient (Wildman–Crippen LogP) is 3.52. The van der Waals surface area contributed by atoms with Crippen LogP contribution in [0, 0.1) is 5.41 Å². The zero-order valence-corrected chi connectivity index (χ0v) is 18.2. The van der Waals surface area contributed by atoms with E-state index in [1.54, 1.807) is 11.3 Å². The molecule has 1 saturated carbocycles. The van der Waals surface area contributed by atoms with Crippen LogP contribution in [0.4, 0.5) is 0 Å². The molecule has 1 atom stereocenters. The van der Waals surface area contributed by atoms with Crippen molar-refractivity contribution >= 4 is 29.7 Å². The van der Waals surface area contributed by atoms with Crippen LogP contribution in [-0.4, -0.2) is 34.9 Å². The number of aromatic nitrogens is 1. The zero-order valence-electron chi connectivity index (χ0n) is 16.5. The number of piperidine rings is 1. The monoisotopic (exact) mass is 433 g/mol. The predicted molar refractivity (Wildman–Crippen MR) is 118 cm³/mol. The molecule has 7 heteroatoms. The number of nitrogens with zero attached hydrogens (tertiary/aromatic N) is 1. The fourth-order valence-electron chi connectivity index (χ4n) is 5.12. The molecule has 2 aromatic rings. The van der Waals surface area contributed by atoms with Gasteiger partial charge in [-0.1, -0.05) is 0 Å². The summed E-state index contributed by atoms with van der Waals surface area (Å²) >= 11 is 1.65. The summed E-state index contributed by atoms with van der Waals surface area (Å²) in [6, 6.07) is 4.21. The molecular formula is C22H28ClN3O2S. The number of hydrogen-bond acceptors (Lipinski definition) is 4. The Morgan fingerprint density at radius 1 is 1.24 bits per heavy atom. The van der Waals surface area contributed by atoms with Gasteiger partial charge in [0, 0.05) is 18.3 Å². The summed E-state index contributed by atoms with van der Waals surface area (Å²) < 4.78 is 0. The number of fused-ring (bicyclic) bond motifs is 1. The summed E-state index contributed by atoms with van der Waals surface area (Å²) in [4.78, 5) is 31.3. The van der Waals surface area contributed by atoms with Gasteiger partial charge in [0.25, 0.3) is 11.5 Å². The van der Waals surface area contributed by atoms with Crippen molar-refractivity contribution < 1.29 is 4.79 Å². The van der Waals surface area contributed by atoms with E-state index >= 15 is 0 Å². The number of aryl methyl sites for hydroxylation is 2. The number of pyridine rings is 1. The lowest BCUT2D eigenvalue weighted by molar-refractivity contribution is 0.0690. The molecule has 0 radical (unpaired) electrons. The van der Waals surface area contributed by atoms with Crippen molar-refractivity contribution in [2.24, 2.45) is 5.41 Å². The third-order valence-corrected chi connectivity index (χ3v) is 7.62. The molecule has 2 N–H and O–H groups in total. The van der Waals surface area contributed by atoms with Gasteiger partial charge in [0.05, 0.1) is 0 Å². The quantitative estimate of drug-likeness (QED) is 0.775. The Kier molecular flexibility index (Phi) is 5.87. The summed E-state index contributed by atoms with van der Waals surface area (Å²) in [5.41, 5.74) is 3.69. The van der Waals surface area contributed by atoms with Gasteiger partial charge in [-0.15, -0.1) is 12.4 Å². The standard InChI is InChI=1S/C22H27N3O2S.ClH/c26-20-17(11-16-3-1-2-4-18(16)24-20)21(27)25(13-15-5-10-28-14-15)19-12-22(19)6-8-23-9-7-22;/h5,10-11,14,19,23H,1-4,6-9,12-13H2,(H,24,26);1H. The second kappa shape index (κ2) is 8.25. The van der Waals surface area contributed by atoms with Crippen LogP contribution in [0.15, 0.2) is 27.7 Å². The van der Waals surface area contributed by atoms with Crippen molar-refractivity contribution in [2.75, 3.05) is 13.1 Å². The number of amides is 1. The van der Waals surface area contributed by atoms with Crippen molar-refractivity contribution in [3.63, 3.8) is 0 Å². The lowest BCUT2D eigenvalue weighted by atomic mass is 9.93. The maximum Gasteiger partial charge on any atom is 0.261 e. The van der Waals surface area contributed by atoms with Crippen LogP contribution in [0.5, 0.6) is 0 Å². The minimum absolute atomic E-state index is 0. The smallest absolute Gasteiger partial charge is 0.261 e. The van der Waals surface area contributed by atoms with Crippen molar-refractivity contribution in [2.45, 2.75) is 57.5 Å². The molecule has 1 spiro atoms. The molecule has 1 amide bonds. The van der Waals surface area contributed by atoms with Crippen LogP contribution >= 0.6 is 23.7 Å². The number of rotatable bonds is 4. The van der Waals surface area contributed by atoms with Gasteiger partial charge < -0.3 is 15.2 Å². The van der Waals surface area contributed by atoms with Crippen molar-refractivity contribution in [1.29, 1.82) is 0 Å². The first-order valence-corrected chi connectivity index (χ1v) is 11.4. The van der Waals surface area contributed by atoms with Crippen molar-refractivity contribution in [3.05, 3.63) is 55.6 Å². The second-order valence-electron chi connectivity index (χ2n) is 8.62. The zero-order chi connectivity index (χ0) is 19.1. The van der Waals surface area contributed by atoms with E-state index in [0.29, 0.717) is 12.1 Å². The van der Waals surface area contributed by atoms with Gasteiger partial charge in [-0.2, -0.15) is 11.3 Å². The van der Waals surface area contributed by atoms with E-state index in [-0.39, 0.29) is 35.3 Å². The minimum Gasteiger partial charge on any atom is -0.331 e. The summed E-state index contributed by atoms with van der Waals surface area (Å²) in [6.45, 7) is 2.64. The largest absolute Gasteiger partial charge is 0.331 e. The highest BCUT2D eigenvalue weighted by molar-refractivity contribution is 7.07. The second-order valence-corrected chi connectivity index (χ2v) is 9.40. The molecule has 5 rings (SSSR count). The Hall–Kier alpha value is -1.63. The van der Waals surface area contributed by atoms with Crippen LogP contribution < -0.4 is 10.9 Å². The SMILES string of the molecule is Cl.O=C(c1cc2c([nH]c1=O)CCCC2)N(Cc1ccsc1)C1CC12CCNCC2. The molecular weight excluding hydrogens is 406 g/mol. The molecule has 2 fully saturated rings. The first kappa shape index (κ1) is 20.6. The number of carbonyl (C=O) groups excluding carboxylic acids is 1. The van der Waals surface area contributed by atoms with E-state index in [2.05, 4.69) is 27.1 Å². The Morgan fingerprint density at radius 3 is 2.79 bits per heavy atom. The number of thiophene rings is 1. The van der Waals surface area contributed by atoms with Gasteiger partial charge in [-0.3, -0.25) is 9.59 Å². The Balaban J connectivity index is 0.00000205. The van der Waals surface area contributed by atoms with E-state index < -0.39 is 0 Å². The molecule has 2 aromatic heterocycles. The Labute approximate surface area is 181 Å². The molecule has 3 heterocycles. The van der Waals surface area contributed by atoms with Gasteiger partial charge in [-0.25, -0.2) is 0 Å². The normalized spacial score (nSPS) is 21.9. The van der Waals surface area contributed by atoms with E-state index in [1.807, 2.05) is 11.0 Å². The lowest BCUT2D eigenvalue weighted by Gasteiger charge is -2.29. The molecule has 29 heavy (non-hydrogen) atoms. The van der Waals surface area contributed by atoms with Crippen molar-refractivity contribution in [1.82, 2.24) is 15.2 Å². The highest BCUT2D eigenvalue weighted by Gasteiger charge is 2.57. The van der Waals surface area contributed by atoms with Crippen LogP contribution in [0.1, 0.15) is 59.3 Å². The molecule has 156 valence electrons. The van der Waals surface area contributed by atoms with E-state index in [0.717, 1.165) is 74.9 Å². The number of hydrogen-bond donors (Lipinski definition) is 2. The maximum atomic E-state index is 13.6. The van der Waals surface area contributed by atoms with E-state index in [9.17, 15) is 9.59 Å². The van der Waals surface area contributed by atoms with Gasteiger partial charge in [0.2, 0.25) is 0 Å². The molecule has 3 aliphatic rings. The van der Waals surface area contributed by atoms with Gasteiger partial charge >= 0.3 is 0 Å². The molecule has 0 aromatic carbocycles. The molecule has 1 aliphatic heterocycles. The first-order valence-electron chi connectivity index (χ1n) is 10.4. The first-order chi connectivity index (χ1) is 13.7. The summed E-state index contributed by atoms with van der Waals surface area (Å²) in [5, 5.41) is 7.59. The van der Waals surface area contributed by atoms with Gasteiger partial charge in [0.1, 0.15) is 5.56 Å². The number of halogens is 1.